The van der Waals surface area contributed by atoms with Crippen LogP contribution in [0.3, 0.4) is 0 Å². The number of aliphatic carboxylic acids is 1. The van der Waals surface area contributed by atoms with E-state index in [0.717, 1.165) is 61.2 Å². The molecule has 3 N–H and O–H groups in total. The molecule has 5 aliphatic rings. The van der Waals surface area contributed by atoms with E-state index in [4.69, 9.17) is 30.3 Å². The monoisotopic (exact) mass is 793 g/mol. The van der Waals surface area contributed by atoms with Gasteiger partial charge in [0.2, 0.25) is 0 Å². The minimum absolute atomic E-state index is 0.147. The van der Waals surface area contributed by atoms with E-state index >= 15 is 0 Å². The van der Waals surface area contributed by atoms with E-state index in [1.165, 1.54) is 5.57 Å². The molecule has 10 heteroatoms. The van der Waals surface area contributed by atoms with Crippen molar-refractivity contribution >= 4 is 5.97 Å². The smallest absolute Gasteiger partial charge is 0.307 e. The molecular formula is C48H68N6O4. The van der Waals surface area contributed by atoms with Crippen LogP contribution in [-0.4, -0.2) is 67.3 Å². The number of allylic oxidation sites excluding steroid dienone is 1. The van der Waals surface area contributed by atoms with Crippen LogP contribution in [0.25, 0.3) is 22.6 Å². The van der Waals surface area contributed by atoms with Crippen LogP contribution in [0.1, 0.15) is 114 Å². The molecule has 12 atom stereocenters. The lowest BCUT2D eigenvalue weighted by Crippen LogP contribution is -2.70. The topological polar surface area (TPSA) is 138 Å². The highest BCUT2D eigenvalue weighted by molar-refractivity contribution is 5.73. The predicted octanol–water partition coefficient (Wildman–Crippen LogP) is 9.29. The molecule has 0 unspecified atom stereocenters. The first-order valence-electron chi connectivity index (χ1n) is 22.0. The third-order valence-electron chi connectivity index (χ3n) is 17.8. The molecule has 10 nitrogen and oxygen atoms in total. The first kappa shape index (κ1) is 41.3. The maximum Gasteiger partial charge on any atom is 0.307 e. The first-order chi connectivity index (χ1) is 27.3. The summed E-state index contributed by atoms with van der Waals surface area (Å²) in [6.45, 7) is 24.3. The van der Waals surface area contributed by atoms with Crippen LogP contribution in [0.5, 0.6) is 0 Å². The van der Waals surface area contributed by atoms with Crippen molar-refractivity contribution in [1.82, 2.24) is 24.7 Å². The fourth-order valence-corrected chi connectivity index (χ4v) is 13.5. The number of rotatable bonds is 10. The summed E-state index contributed by atoms with van der Waals surface area (Å²) < 4.78 is 16.4. The molecule has 3 aromatic rings. The largest absolute Gasteiger partial charge is 0.481 e. The normalized spacial score (nSPS) is 38.6. The van der Waals surface area contributed by atoms with Gasteiger partial charge in [-0.3, -0.25) is 14.8 Å². The van der Waals surface area contributed by atoms with E-state index in [2.05, 4.69) is 91.0 Å². The van der Waals surface area contributed by atoms with Gasteiger partial charge < -0.3 is 20.3 Å². The van der Waals surface area contributed by atoms with Crippen LogP contribution in [0.2, 0.25) is 0 Å². The van der Waals surface area contributed by atoms with Crippen molar-refractivity contribution in [2.75, 3.05) is 19.8 Å². The molecule has 58 heavy (non-hydrogen) atoms. The highest BCUT2D eigenvalue weighted by atomic mass is 16.5. The maximum atomic E-state index is 13.7. The number of carbonyl (C=O) groups is 1. The first-order valence-corrected chi connectivity index (χ1v) is 22.0. The van der Waals surface area contributed by atoms with E-state index in [-0.39, 0.29) is 46.1 Å². The molecule has 3 aromatic heterocycles. The third-order valence-corrected chi connectivity index (χ3v) is 17.8. The summed E-state index contributed by atoms with van der Waals surface area (Å²) in [6, 6.07) is 7.90. The van der Waals surface area contributed by atoms with E-state index in [9.17, 15) is 9.90 Å². The van der Waals surface area contributed by atoms with E-state index in [0.29, 0.717) is 31.7 Å². The molecule has 4 fully saturated rings. The third kappa shape index (κ3) is 6.00. The van der Waals surface area contributed by atoms with E-state index in [1.54, 1.807) is 18.7 Å². The summed E-state index contributed by atoms with van der Waals surface area (Å²) in [5.41, 5.74) is 9.16. The van der Waals surface area contributed by atoms with Crippen molar-refractivity contribution in [2.24, 2.45) is 68.3 Å². The molecule has 314 valence electrons. The molecule has 2 bridgehead atoms. The van der Waals surface area contributed by atoms with Gasteiger partial charge in [-0.25, -0.2) is 9.67 Å². The Kier molecular flexibility index (Phi) is 10.2. The number of nitrogens with two attached hydrogens (primary N) is 1. The van der Waals surface area contributed by atoms with Crippen molar-refractivity contribution in [3.63, 3.8) is 0 Å². The summed E-state index contributed by atoms with van der Waals surface area (Å²) in [4.78, 5) is 27.6. The molecule has 4 heterocycles. The fourth-order valence-electron chi connectivity index (χ4n) is 13.5. The molecule has 3 saturated carbocycles. The minimum Gasteiger partial charge on any atom is -0.481 e. The number of fused-ring (bicyclic) bond motifs is 3. The average molecular weight is 793 g/mol. The Hall–Kier alpha value is -3.47. The van der Waals surface area contributed by atoms with Gasteiger partial charge in [-0.05, 0) is 121 Å². The van der Waals surface area contributed by atoms with Gasteiger partial charge in [-0.1, -0.05) is 74.0 Å². The minimum atomic E-state index is -0.641. The summed E-state index contributed by atoms with van der Waals surface area (Å²) in [7, 11) is 0. The Balaban J connectivity index is 1.28. The van der Waals surface area contributed by atoms with Crippen molar-refractivity contribution in [1.29, 1.82) is 0 Å². The Morgan fingerprint density at radius 2 is 1.72 bits per heavy atom. The SMILES string of the molecule is CC(C)[C@@H](C)[C@@]1(C)CC[C@]2(C)[C@H]3CC[C@@H]4[C@@]5(C)COC[C@@]4(C3=CC[C@@]2(C)[C@@H]1C(=O)O)[C@@H](OC[C@](C)(N)C(C)C)[C@H](n1ncnc1-c1ccnc(-c2ccncc2)c1)C5. The van der Waals surface area contributed by atoms with Crippen molar-refractivity contribution in [2.45, 2.75) is 125 Å². The van der Waals surface area contributed by atoms with Gasteiger partial charge in [0.05, 0.1) is 43.6 Å². The van der Waals surface area contributed by atoms with Crippen LogP contribution in [0.15, 0.2) is 60.8 Å². The molecule has 0 aromatic carbocycles. The summed E-state index contributed by atoms with van der Waals surface area (Å²) >= 11 is 0. The number of hydrogen-bond acceptors (Lipinski definition) is 8. The second kappa shape index (κ2) is 14.3. The van der Waals surface area contributed by atoms with Crippen LogP contribution in [0, 0.1) is 62.6 Å². The maximum absolute atomic E-state index is 13.7. The highest BCUT2D eigenvalue weighted by Gasteiger charge is 2.73. The van der Waals surface area contributed by atoms with Gasteiger partial charge in [0, 0.05) is 40.7 Å². The number of carboxylic acid groups (broad SMARTS) is 1. The summed E-state index contributed by atoms with van der Waals surface area (Å²) in [5.74, 6) is 1.09. The molecule has 0 radical (unpaired) electrons. The highest BCUT2D eigenvalue weighted by Crippen LogP contribution is 2.75. The number of nitrogens with zero attached hydrogens (tertiary/aromatic N) is 5. The van der Waals surface area contributed by atoms with Crippen LogP contribution >= 0.6 is 0 Å². The van der Waals surface area contributed by atoms with E-state index < -0.39 is 28.3 Å². The molecule has 4 aliphatic carbocycles. The standard InChI is InChI=1S/C48H68N6O4/c1-29(2)31(5)44(7)18-19-45(8)34-11-12-38-43(6)24-37(54-41(52-28-53-54)33-16-22-51-36(23-33)32-14-20-50-21-15-32)40(58-26-47(10,49)30(3)4)48(38,27-57-25-43)35(34)13-17-46(45,9)39(44)42(55)56/h13-16,20-23,28-31,34,37-40H,11-12,17-19,24-27,49H2,1-10H3,(H,55,56)/t31-,34+,37-,38-,39-,40+,43-,44-,45-,46+,47+,48+/m1/s1. The Morgan fingerprint density at radius 3 is 2.41 bits per heavy atom. The van der Waals surface area contributed by atoms with Crippen molar-refractivity contribution in [3.05, 3.63) is 60.8 Å². The second-order valence-electron chi connectivity index (χ2n) is 21.2. The molecule has 1 aliphatic heterocycles. The number of pyridine rings is 2. The van der Waals surface area contributed by atoms with Gasteiger partial charge in [0.1, 0.15) is 6.33 Å². The Morgan fingerprint density at radius 1 is 1.00 bits per heavy atom. The van der Waals surface area contributed by atoms with Gasteiger partial charge in [0.15, 0.2) is 5.82 Å². The lowest BCUT2D eigenvalue weighted by atomic mass is 9.34. The van der Waals surface area contributed by atoms with Gasteiger partial charge >= 0.3 is 5.97 Å². The summed E-state index contributed by atoms with van der Waals surface area (Å²) in [6.07, 6.45) is 14.8. The Bertz CT molecular complexity index is 2050. The summed E-state index contributed by atoms with van der Waals surface area (Å²) in [5, 5.41) is 16.3. The van der Waals surface area contributed by atoms with E-state index in [1.807, 2.05) is 24.4 Å². The molecular weight excluding hydrogens is 725 g/mol. The zero-order valence-electron chi connectivity index (χ0n) is 36.7. The lowest BCUT2D eigenvalue weighted by Gasteiger charge is -2.71. The Labute approximate surface area is 346 Å². The average Bonchev–Trinajstić information content (AvgIpc) is 3.68. The fraction of sp³-hybridized carbons (Fsp3) is 0.688. The van der Waals surface area contributed by atoms with Gasteiger partial charge in [0.25, 0.3) is 0 Å². The molecule has 1 saturated heterocycles. The predicted molar refractivity (Wildman–Crippen MR) is 226 cm³/mol. The number of hydrogen-bond donors (Lipinski definition) is 2. The molecule has 8 rings (SSSR count). The van der Waals surface area contributed by atoms with Crippen LogP contribution in [0.4, 0.5) is 0 Å². The zero-order valence-corrected chi connectivity index (χ0v) is 36.7. The van der Waals surface area contributed by atoms with Crippen LogP contribution in [-0.2, 0) is 14.3 Å². The number of aromatic nitrogens is 5. The number of ether oxygens (including phenoxy) is 2. The zero-order chi connectivity index (χ0) is 41.6. The lowest BCUT2D eigenvalue weighted by molar-refractivity contribution is -0.254. The van der Waals surface area contributed by atoms with Crippen LogP contribution < -0.4 is 5.73 Å². The van der Waals surface area contributed by atoms with Gasteiger partial charge in [-0.15, -0.1) is 0 Å². The van der Waals surface area contributed by atoms with Crippen molar-refractivity contribution < 1.29 is 19.4 Å². The molecule has 0 spiro atoms. The van der Waals surface area contributed by atoms with Gasteiger partial charge in [-0.2, -0.15) is 5.10 Å². The number of carboxylic acids is 1. The second-order valence-corrected chi connectivity index (χ2v) is 21.2. The quantitative estimate of drug-likeness (QED) is 0.192. The van der Waals surface area contributed by atoms with Crippen molar-refractivity contribution in [3.8, 4) is 22.6 Å². The molecule has 0 amide bonds.